The second-order valence-corrected chi connectivity index (χ2v) is 2.43. The minimum Gasteiger partial charge on any atom is -0.289 e. The Balaban J connectivity index is 2.35. The smallest absolute Gasteiger partial charge is 0.0715 e. The van der Waals surface area contributed by atoms with E-state index >= 15 is 0 Å². The van der Waals surface area contributed by atoms with Crippen LogP contribution in [0, 0.1) is 0 Å². The van der Waals surface area contributed by atoms with E-state index in [0.29, 0.717) is 6.54 Å². The molecule has 56 valence electrons. The number of hydrogen-bond acceptors (Lipinski definition) is 3. The number of aliphatic imine (C=N–C) groups is 1. The Morgan fingerprint density at radius 2 is 2.36 bits per heavy atom. The highest BCUT2D eigenvalue weighted by atomic mass is 16.5. The second-order valence-electron chi connectivity index (χ2n) is 2.43. The third-order valence-corrected chi connectivity index (χ3v) is 1.67. The average molecular weight is 148 g/mol. The van der Waals surface area contributed by atoms with Crippen molar-refractivity contribution >= 4 is 5.71 Å². The summed E-state index contributed by atoms with van der Waals surface area (Å²) in [5.41, 5.74) is 2.00. The molecule has 3 nitrogen and oxygen atoms in total. The van der Waals surface area contributed by atoms with Crippen LogP contribution in [-0.2, 0) is 0 Å². The lowest BCUT2D eigenvalue weighted by atomic mass is 10.2. The maximum absolute atomic E-state index is 9.07. The first kappa shape index (κ1) is 6.37. The third-order valence-electron chi connectivity index (χ3n) is 1.67. The number of allylic oxidation sites excluding steroid dienone is 3. The topological polar surface area (TPSA) is 35.8 Å². The molecular weight excluding hydrogens is 140 g/mol. The van der Waals surface area contributed by atoms with E-state index in [0.717, 1.165) is 16.3 Å². The molecule has 0 aliphatic carbocycles. The van der Waals surface area contributed by atoms with E-state index < -0.39 is 0 Å². The SMILES string of the molecule is ON1C=CC2=NC=CC2=CC1. The van der Waals surface area contributed by atoms with Gasteiger partial charge in [-0.3, -0.25) is 15.3 Å². The Hall–Kier alpha value is -1.35. The summed E-state index contributed by atoms with van der Waals surface area (Å²) < 4.78 is 0. The molecule has 2 heterocycles. The van der Waals surface area contributed by atoms with Gasteiger partial charge in [0, 0.05) is 12.4 Å². The lowest BCUT2D eigenvalue weighted by molar-refractivity contribution is -0.0287. The number of rotatable bonds is 0. The van der Waals surface area contributed by atoms with E-state index in [9.17, 15) is 0 Å². The number of hydrogen-bond donors (Lipinski definition) is 1. The molecule has 0 saturated carbocycles. The zero-order valence-electron chi connectivity index (χ0n) is 5.94. The Labute approximate surface area is 64.6 Å². The van der Waals surface area contributed by atoms with E-state index in [1.54, 1.807) is 18.5 Å². The molecule has 0 amide bonds. The van der Waals surface area contributed by atoms with Gasteiger partial charge in [-0.2, -0.15) is 0 Å². The van der Waals surface area contributed by atoms with Crippen LogP contribution in [0.5, 0.6) is 0 Å². The average Bonchev–Trinajstić information content (AvgIpc) is 2.38. The molecule has 0 saturated heterocycles. The highest BCUT2D eigenvalue weighted by Crippen LogP contribution is 2.12. The van der Waals surface area contributed by atoms with Crippen molar-refractivity contribution in [3.8, 4) is 0 Å². The third kappa shape index (κ3) is 1.10. The highest BCUT2D eigenvalue weighted by Gasteiger charge is 2.08. The van der Waals surface area contributed by atoms with Crippen LogP contribution in [0.25, 0.3) is 0 Å². The van der Waals surface area contributed by atoms with Gasteiger partial charge in [-0.1, -0.05) is 6.08 Å². The van der Waals surface area contributed by atoms with Crippen LogP contribution in [0.1, 0.15) is 0 Å². The first-order valence-electron chi connectivity index (χ1n) is 3.45. The summed E-state index contributed by atoms with van der Waals surface area (Å²) in [5, 5.41) is 10.2. The van der Waals surface area contributed by atoms with Gasteiger partial charge >= 0.3 is 0 Å². The van der Waals surface area contributed by atoms with Gasteiger partial charge in [0.1, 0.15) is 0 Å². The van der Waals surface area contributed by atoms with Crippen LogP contribution < -0.4 is 0 Å². The summed E-state index contributed by atoms with van der Waals surface area (Å²) in [6.45, 7) is 0.523. The van der Waals surface area contributed by atoms with Crippen molar-refractivity contribution in [2.75, 3.05) is 6.54 Å². The molecule has 0 spiro atoms. The first-order valence-corrected chi connectivity index (χ1v) is 3.45. The summed E-state index contributed by atoms with van der Waals surface area (Å²) in [5.74, 6) is 0. The zero-order valence-corrected chi connectivity index (χ0v) is 5.94. The molecule has 0 atom stereocenters. The quantitative estimate of drug-likeness (QED) is 0.558. The van der Waals surface area contributed by atoms with Gasteiger partial charge in [0.15, 0.2) is 0 Å². The van der Waals surface area contributed by atoms with E-state index in [-0.39, 0.29) is 0 Å². The Kier molecular flexibility index (Phi) is 1.36. The van der Waals surface area contributed by atoms with Gasteiger partial charge < -0.3 is 0 Å². The lowest BCUT2D eigenvalue weighted by Gasteiger charge is -2.04. The van der Waals surface area contributed by atoms with E-state index in [4.69, 9.17) is 5.21 Å². The fourth-order valence-electron chi connectivity index (χ4n) is 1.08. The van der Waals surface area contributed by atoms with Gasteiger partial charge in [-0.25, -0.2) is 0 Å². The molecule has 2 rings (SSSR count). The molecule has 1 N–H and O–H groups in total. The maximum atomic E-state index is 9.07. The molecule has 0 fully saturated rings. The molecule has 3 heteroatoms. The normalized spacial score (nSPS) is 21.0. The number of nitrogens with zero attached hydrogens (tertiary/aromatic N) is 2. The largest absolute Gasteiger partial charge is 0.289 e. The number of hydroxylamine groups is 2. The maximum Gasteiger partial charge on any atom is 0.0715 e. The van der Waals surface area contributed by atoms with Crippen LogP contribution in [0.3, 0.4) is 0 Å². The van der Waals surface area contributed by atoms with E-state index in [1.807, 2.05) is 12.2 Å². The van der Waals surface area contributed by atoms with Crippen molar-refractivity contribution < 1.29 is 5.21 Å². The van der Waals surface area contributed by atoms with Crippen molar-refractivity contribution in [2.45, 2.75) is 0 Å². The van der Waals surface area contributed by atoms with Crippen molar-refractivity contribution in [2.24, 2.45) is 4.99 Å². The second kappa shape index (κ2) is 2.36. The molecule has 0 unspecified atom stereocenters. The molecular formula is C8H8N2O. The Morgan fingerprint density at radius 1 is 1.45 bits per heavy atom. The van der Waals surface area contributed by atoms with Crippen molar-refractivity contribution in [3.63, 3.8) is 0 Å². The Morgan fingerprint density at radius 3 is 3.27 bits per heavy atom. The van der Waals surface area contributed by atoms with Crippen molar-refractivity contribution in [3.05, 3.63) is 36.2 Å². The lowest BCUT2D eigenvalue weighted by Crippen LogP contribution is -2.09. The summed E-state index contributed by atoms with van der Waals surface area (Å²) in [7, 11) is 0. The fourth-order valence-corrected chi connectivity index (χ4v) is 1.08. The summed E-state index contributed by atoms with van der Waals surface area (Å²) in [6, 6.07) is 0. The molecule has 11 heavy (non-hydrogen) atoms. The monoisotopic (exact) mass is 148 g/mol. The van der Waals surface area contributed by atoms with Gasteiger partial charge in [0.05, 0.1) is 12.3 Å². The minimum absolute atomic E-state index is 0.523. The minimum atomic E-state index is 0.523. The molecule has 0 aromatic heterocycles. The van der Waals surface area contributed by atoms with Crippen LogP contribution >= 0.6 is 0 Å². The molecule has 0 bridgehead atoms. The van der Waals surface area contributed by atoms with Crippen LogP contribution in [0.2, 0.25) is 0 Å². The summed E-state index contributed by atoms with van der Waals surface area (Å²) in [6.07, 6.45) is 9.02. The van der Waals surface area contributed by atoms with E-state index in [1.165, 1.54) is 0 Å². The first-order chi connectivity index (χ1) is 5.36. The van der Waals surface area contributed by atoms with Gasteiger partial charge in [-0.15, -0.1) is 0 Å². The summed E-state index contributed by atoms with van der Waals surface area (Å²) in [4.78, 5) is 4.10. The number of fused-ring (bicyclic) bond motifs is 1. The van der Waals surface area contributed by atoms with Crippen molar-refractivity contribution in [1.82, 2.24) is 5.06 Å². The van der Waals surface area contributed by atoms with Gasteiger partial charge in [0.25, 0.3) is 0 Å². The van der Waals surface area contributed by atoms with Crippen molar-refractivity contribution in [1.29, 1.82) is 0 Å². The molecule has 2 aliphatic rings. The highest BCUT2D eigenvalue weighted by molar-refractivity contribution is 6.12. The predicted octanol–water partition coefficient (Wildman–Crippen LogP) is 1.10. The molecule has 2 aliphatic heterocycles. The Bertz CT molecular complexity index is 286. The van der Waals surface area contributed by atoms with Gasteiger partial charge in [-0.05, 0) is 17.7 Å². The molecule has 0 aromatic rings. The zero-order chi connectivity index (χ0) is 7.68. The summed E-state index contributed by atoms with van der Waals surface area (Å²) >= 11 is 0. The van der Waals surface area contributed by atoms with Crippen LogP contribution in [0.4, 0.5) is 0 Å². The van der Waals surface area contributed by atoms with Gasteiger partial charge in [0.2, 0.25) is 0 Å². The predicted molar refractivity (Wildman–Crippen MR) is 42.3 cm³/mol. The molecule has 0 aromatic carbocycles. The van der Waals surface area contributed by atoms with Crippen LogP contribution in [0.15, 0.2) is 41.2 Å². The van der Waals surface area contributed by atoms with E-state index in [2.05, 4.69) is 4.99 Å². The fraction of sp³-hybridized carbons (Fsp3) is 0.125. The van der Waals surface area contributed by atoms with Crippen LogP contribution in [-0.4, -0.2) is 22.5 Å². The molecule has 0 radical (unpaired) electrons. The standard InChI is InChI=1S/C8H8N2O/c11-10-5-2-7-1-4-9-8(7)3-6-10/h1-4,6,11H,5H2.